The molecule has 1 atom stereocenters. The van der Waals surface area contributed by atoms with E-state index in [1.807, 2.05) is 0 Å². The summed E-state index contributed by atoms with van der Waals surface area (Å²) in [5.74, 6) is 0.419. The standard InChI is InChI=1S/C11H15N3O2/c12-11(15)10-9(2-1-4-14-10)16-7-8-3-5-13-6-8/h1-2,4,8,13H,3,5-7H2,(H2,12,15). The Morgan fingerprint density at radius 2 is 2.56 bits per heavy atom. The topological polar surface area (TPSA) is 77.2 Å². The largest absolute Gasteiger partial charge is 0.491 e. The van der Waals surface area contributed by atoms with Gasteiger partial charge in [-0.15, -0.1) is 0 Å². The van der Waals surface area contributed by atoms with E-state index in [4.69, 9.17) is 10.5 Å². The molecule has 5 nitrogen and oxygen atoms in total. The monoisotopic (exact) mass is 221 g/mol. The second kappa shape index (κ2) is 4.94. The molecule has 0 aromatic carbocycles. The van der Waals surface area contributed by atoms with Crippen molar-refractivity contribution in [3.05, 3.63) is 24.0 Å². The Balaban J connectivity index is 2.00. The van der Waals surface area contributed by atoms with Gasteiger partial charge in [-0.25, -0.2) is 4.98 Å². The minimum absolute atomic E-state index is 0.202. The molecule has 2 rings (SSSR count). The molecule has 0 bridgehead atoms. The molecule has 2 heterocycles. The average molecular weight is 221 g/mol. The van der Waals surface area contributed by atoms with Crippen molar-refractivity contribution in [3.8, 4) is 5.75 Å². The Kier molecular flexibility index (Phi) is 3.36. The summed E-state index contributed by atoms with van der Waals surface area (Å²) in [5, 5.41) is 3.26. The van der Waals surface area contributed by atoms with E-state index in [1.54, 1.807) is 12.1 Å². The number of pyridine rings is 1. The number of ether oxygens (including phenoxy) is 1. The van der Waals surface area contributed by atoms with Gasteiger partial charge in [-0.1, -0.05) is 0 Å². The van der Waals surface area contributed by atoms with Gasteiger partial charge in [0.25, 0.3) is 5.91 Å². The number of carbonyl (C=O) groups excluding carboxylic acids is 1. The molecule has 86 valence electrons. The Morgan fingerprint density at radius 3 is 3.25 bits per heavy atom. The van der Waals surface area contributed by atoms with Gasteiger partial charge in [-0.05, 0) is 25.1 Å². The van der Waals surface area contributed by atoms with Crippen LogP contribution in [0.4, 0.5) is 0 Å². The van der Waals surface area contributed by atoms with Crippen LogP contribution in [-0.2, 0) is 0 Å². The van der Waals surface area contributed by atoms with Gasteiger partial charge in [0.2, 0.25) is 0 Å². The quantitative estimate of drug-likeness (QED) is 0.759. The molecule has 1 aromatic heterocycles. The number of primary amides is 1. The summed E-state index contributed by atoms with van der Waals surface area (Å²) >= 11 is 0. The molecule has 1 aromatic rings. The molecule has 5 heteroatoms. The molecule has 3 N–H and O–H groups in total. The molecule has 1 fully saturated rings. The first kappa shape index (κ1) is 10.9. The summed E-state index contributed by atoms with van der Waals surface area (Å²) in [4.78, 5) is 15.0. The van der Waals surface area contributed by atoms with Crippen LogP contribution >= 0.6 is 0 Å². The van der Waals surface area contributed by atoms with Gasteiger partial charge in [0, 0.05) is 18.7 Å². The lowest BCUT2D eigenvalue weighted by Crippen LogP contribution is -2.19. The number of nitrogens with one attached hydrogen (secondary N) is 1. The van der Waals surface area contributed by atoms with Crippen molar-refractivity contribution in [2.75, 3.05) is 19.7 Å². The summed E-state index contributed by atoms with van der Waals surface area (Å²) in [6, 6.07) is 3.45. The summed E-state index contributed by atoms with van der Waals surface area (Å²) in [6.07, 6.45) is 2.64. The molecule has 1 saturated heterocycles. The van der Waals surface area contributed by atoms with E-state index in [0.29, 0.717) is 18.3 Å². The van der Waals surface area contributed by atoms with E-state index < -0.39 is 5.91 Å². The molecule has 1 amide bonds. The maximum absolute atomic E-state index is 11.1. The van der Waals surface area contributed by atoms with Crippen molar-refractivity contribution in [3.63, 3.8) is 0 Å². The van der Waals surface area contributed by atoms with Gasteiger partial charge in [0.05, 0.1) is 6.61 Å². The van der Waals surface area contributed by atoms with Crippen LogP contribution in [-0.4, -0.2) is 30.6 Å². The molecule has 0 spiro atoms. The number of rotatable bonds is 4. The van der Waals surface area contributed by atoms with E-state index in [2.05, 4.69) is 10.3 Å². The number of nitrogens with zero attached hydrogens (tertiary/aromatic N) is 1. The van der Waals surface area contributed by atoms with Gasteiger partial charge in [0.15, 0.2) is 11.4 Å². The van der Waals surface area contributed by atoms with E-state index in [0.717, 1.165) is 19.5 Å². The minimum Gasteiger partial charge on any atom is -0.491 e. The van der Waals surface area contributed by atoms with Crippen molar-refractivity contribution in [1.29, 1.82) is 0 Å². The smallest absolute Gasteiger partial charge is 0.271 e. The van der Waals surface area contributed by atoms with Crippen LogP contribution in [0.5, 0.6) is 5.75 Å². The summed E-state index contributed by atoms with van der Waals surface area (Å²) in [5.41, 5.74) is 5.41. The molecule has 16 heavy (non-hydrogen) atoms. The maximum atomic E-state index is 11.1. The highest BCUT2D eigenvalue weighted by Gasteiger charge is 2.17. The molecule has 1 unspecified atom stereocenters. The zero-order valence-electron chi connectivity index (χ0n) is 8.98. The highest BCUT2D eigenvalue weighted by molar-refractivity contribution is 5.93. The predicted molar refractivity (Wildman–Crippen MR) is 59.2 cm³/mol. The summed E-state index contributed by atoms with van der Waals surface area (Å²) < 4.78 is 5.58. The first-order chi connectivity index (χ1) is 7.77. The number of nitrogens with two attached hydrogens (primary N) is 1. The molecule has 1 aliphatic heterocycles. The van der Waals surface area contributed by atoms with Gasteiger partial charge >= 0.3 is 0 Å². The molecular weight excluding hydrogens is 206 g/mol. The fourth-order valence-electron chi connectivity index (χ4n) is 1.76. The Morgan fingerprint density at radius 1 is 1.69 bits per heavy atom. The predicted octanol–water partition coefficient (Wildman–Crippen LogP) is 0.169. The van der Waals surface area contributed by atoms with E-state index >= 15 is 0 Å². The SMILES string of the molecule is NC(=O)c1ncccc1OCC1CCNC1. The van der Waals surface area contributed by atoms with Crippen LogP contribution in [0.2, 0.25) is 0 Å². The maximum Gasteiger partial charge on any atom is 0.271 e. The molecule has 1 aliphatic rings. The van der Waals surface area contributed by atoms with Gasteiger partial charge in [-0.2, -0.15) is 0 Å². The third kappa shape index (κ3) is 2.49. The number of hydrogen-bond acceptors (Lipinski definition) is 4. The number of amides is 1. The summed E-state index contributed by atoms with van der Waals surface area (Å²) in [7, 11) is 0. The van der Waals surface area contributed by atoms with Crippen LogP contribution in [0.25, 0.3) is 0 Å². The van der Waals surface area contributed by atoms with Crippen LogP contribution in [0.15, 0.2) is 18.3 Å². The van der Waals surface area contributed by atoms with Crippen molar-refractivity contribution in [2.24, 2.45) is 11.7 Å². The number of aromatic nitrogens is 1. The zero-order valence-corrected chi connectivity index (χ0v) is 8.98. The number of carbonyl (C=O) groups is 1. The third-order valence-electron chi connectivity index (χ3n) is 2.64. The van der Waals surface area contributed by atoms with E-state index in [1.165, 1.54) is 6.20 Å². The third-order valence-corrected chi connectivity index (χ3v) is 2.64. The first-order valence-corrected chi connectivity index (χ1v) is 5.35. The average Bonchev–Trinajstić information content (AvgIpc) is 2.79. The normalized spacial score (nSPS) is 19.6. The lowest BCUT2D eigenvalue weighted by Gasteiger charge is -2.12. The van der Waals surface area contributed by atoms with Crippen molar-refractivity contribution >= 4 is 5.91 Å². The van der Waals surface area contributed by atoms with E-state index in [-0.39, 0.29) is 5.69 Å². The van der Waals surface area contributed by atoms with Crippen molar-refractivity contribution < 1.29 is 9.53 Å². The fourth-order valence-corrected chi connectivity index (χ4v) is 1.76. The molecule has 0 aliphatic carbocycles. The van der Waals surface area contributed by atoms with Crippen LogP contribution in [0.1, 0.15) is 16.9 Å². The van der Waals surface area contributed by atoms with Crippen LogP contribution < -0.4 is 15.8 Å². The molecular formula is C11H15N3O2. The zero-order chi connectivity index (χ0) is 11.4. The molecule has 0 saturated carbocycles. The van der Waals surface area contributed by atoms with Crippen LogP contribution in [0, 0.1) is 5.92 Å². The highest BCUT2D eigenvalue weighted by atomic mass is 16.5. The number of hydrogen-bond donors (Lipinski definition) is 2. The van der Waals surface area contributed by atoms with E-state index in [9.17, 15) is 4.79 Å². The second-order valence-electron chi connectivity index (χ2n) is 3.88. The van der Waals surface area contributed by atoms with Gasteiger partial charge in [-0.3, -0.25) is 4.79 Å². The lowest BCUT2D eigenvalue weighted by atomic mass is 10.1. The molecule has 0 radical (unpaired) electrons. The minimum atomic E-state index is -0.555. The van der Waals surface area contributed by atoms with Crippen molar-refractivity contribution in [2.45, 2.75) is 6.42 Å². The van der Waals surface area contributed by atoms with Gasteiger partial charge < -0.3 is 15.8 Å². The van der Waals surface area contributed by atoms with Crippen molar-refractivity contribution in [1.82, 2.24) is 10.3 Å². The Bertz CT molecular complexity index is 375. The highest BCUT2D eigenvalue weighted by Crippen LogP contribution is 2.17. The second-order valence-corrected chi connectivity index (χ2v) is 3.88. The summed E-state index contributed by atoms with van der Waals surface area (Å²) in [6.45, 7) is 2.59. The Hall–Kier alpha value is -1.62. The lowest BCUT2D eigenvalue weighted by molar-refractivity contribution is 0.0990. The van der Waals surface area contributed by atoms with Crippen LogP contribution in [0.3, 0.4) is 0 Å². The Labute approximate surface area is 94.0 Å². The first-order valence-electron chi connectivity index (χ1n) is 5.35. The fraction of sp³-hybridized carbons (Fsp3) is 0.455. The van der Waals surface area contributed by atoms with Gasteiger partial charge in [0.1, 0.15) is 0 Å².